The second-order valence-corrected chi connectivity index (χ2v) is 37.2. The Labute approximate surface area is 605 Å². The molecule has 12 rings (SSSR count). The summed E-state index contributed by atoms with van der Waals surface area (Å²) in [5.41, 5.74) is -5.87. The SMILES string of the molecule is CC(=O)O[C@H]1CC[C@@]2(C)C(C[C@H](OC(=O)c3ccc(C#N)cc3)[C@@]3(C)Oc4cc(-c5cccnc5)oc(=O)c4[C@H](O)C23)[C@]1(C)COC(=O)C(C)C.CC(C)(C)[Si](F)(O[C@H]1CC[C@@]2(C)C(C[C@H](OC(=O)c3ccc(C#N)cc3)[C@@]3(C)Oc4cc(-c5cccnc5)oc(=O)c4[C@H](O)C23)[C@]1(C)CO)C(C)(C)C. The van der Waals surface area contributed by atoms with Gasteiger partial charge in [-0.2, -0.15) is 10.5 Å². The van der Waals surface area contributed by atoms with Crippen LogP contribution in [0.3, 0.4) is 0 Å². The quantitative estimate of drug-likeness (QED) is 0.0418. The van der Waals surface area contributed by atoms with E-state index in [2.05, 4.69) is 9.97 Å². The maximum Gasteiger partial charge on any atom is 0.394 e. The Morgan fingerprint density at radius 3 is 1.41 bits per heavy atom. The molecule has 4 unspecified atom stereocenters. The van der Waals surface area contributed by atoms with Crippen molar-refractivity contribution < 1.29 is 80.3 Å². The maximum atomic E-state index is 17.5. The number of carbonyl (C=O) groups is 4. The van der Waals surface area contributed by atoms with E-state index in [0.29, 0.717) is 47.9 Å². The number of benzene rings is 2. The predicted octanol–water partition coefficient (Wildman–Crippen LogP) is 13.4. The van der Waals surface area contributed by atoms with Gasteiger partial charge in [0.25, 0.3) is 0 Å². The average Bonchev–Trinajstić information content (AvgIpc) is 0.688. The van der Waals surface area contributed by atoms with Crippen molar-refractivity contribution in [2.75, 3.05) is 13.2 Å². The number of aliphatic hydroxyl groups is 3. The zero-order valence-electron chi connectivity index (χ0n) is 61.5. The Kier molecular flexibility index (Phi) is 20.4. The normalized spacial score (nSPS) is 31.0. The summed E-state index contributed by atoms with van der Waals surface area (Å²) in [4.78, 5) is 88.6. The van der Waals surface area contributed by atoms with Crippen LogP contribution in [-0.2, 0) is 33.0 Å². The topological polar surface area (TPSA) is 327 Å². The van der Waals surface area contributed by atoms with Gasteiger partial charge in [0.05, 0.1) is 65.2 Å². The van der Waals surface area contributed by atoms with Crippen molar-refractivity contribution in [3.05, 3.63) is 164 Å². The molecule has 3 N–H and O–H groups in total. The number of aromatic nitrogens is 2. The van der Waals surface area contributed by atoms with Crippen LogP contribution < -0.4 is 20.7 Å². The van der Waals surface area contributed by atoms with Crippen LogP contribution in [0.25, 0.3) is 22.6 Å². The van der Waals surface area contributed by atoms with Gasteiger partial charge < -0.3 is 57.0 Å². The summed E-state index contributed by atoms with van der Waals surface area (Å²) < 4.78 is 73.7. The van der Waals surface area contributed by atoms with Crippen LogP contribution in [0, 0.1) is 73.9 Å². The summed E-state index contributed by atoms with van der Waals surface area (Å²) >= 11 is 0. The lowest BCUT2D eigenvalue weighted by atomic mass is 9.42. The lowest BCUT2D eigenvalue weighted by Crippen LogP contribution is -2.72. The van der Waals surface area contributed by atoms with E-state index in [9.17, 15) is 54.6 Å². The predicted molar refractivity (Wildman–Crippen MR) is 379 cm³/mol. The molecule has 4 aliphatic carbocycles. The van der Waals surface area contributed by atoms with Crippen molar-refractivity contribution in [2.45, 2.75) is 200 Å². The molecular weight excluding hydrogens is 1350 g/mol. The first-order valence-electron chi connectivity index (χ1n) is 35.4. The monoisotopic (exact) mass is 1440 g/mol. The number of hydrogen-bond donors (Lipinski definition) is 3. The second kappa shape index (κ2) is 27.9. The third-order valence-corrected chi connectivity index (χ3v) is 28.4. The zero-order valence-corrected chi connectivity index (χ0v) is 62.5. The lowest BCUT2D eigenvalue weighted by Gasteiger charge is -2.67. The minimum atomic E-state index is -4.02. The Morgan fingerprint density at radius 2 is 1.05 bits per heavy atom. The molecule has 0 radical (unpaired) electrons. The molecule has 552 valence electrons. The fraction of sp³-hybridized carbons (Fsp3) is 0.525. The molecule has 6 aliphatic rings. The summed E-state index contributed by atoms with van der Waals surface area (Å²) in [5, 5.41) is 53.2. The summed E-state index contributed by atoms with van der Waals surface area (Å²) in [7, 11) is -4.02. The van der Waals surface area contributed by atoms with Crippen molar-refractivity contribution in [2.24, 2.45) is 51.2 Å². The first-order chi connectivity index (χ1) is 48.8. The van der Waals surface area contributed by atoms with E-state index in [-0.39, 0.29) is 71.3 Å². The van der Waals surface area contributed by atoms with Gasteiger partial charge >= 0.3 is 43.8 Å². The molecule has 0 amide bonds. The number of rotatable bonds is 13. The molecule has 4 fully saturated rings. The molecule has 0 saturated heterocycles. The third-order valence-electron chi connectivity index (χ3n) is 23.9. The zero-order chi connectivity index (χ0) is 75.8. The van der Waals surface area contributed by atoms with E-state index in [0.717, 1.165) is 0 Å². The smallest absolute Gasteiger partial charge is 0.394 e. The van der Waals surface area contributed by atoms with Crippen LogP contribution in [-0.4, -0.2) is 107 Å². The number of ether oxygens (including phenoxy) is 6. The highest BCUT2D eigenvalue weighted by Gasteiger charge is 2.74. The third kappa shape index (κ3) is 13.1. The van der Waals surface area contributed by atoms with Crippen LogP contribution in [0.5, 0.6) is 11.5 Å². The maximum absolute atomic E-state index is 17.5. The fourth-order valence-electron chi connectivity index (χ4n) is 18.8. The number of fused-ring (bicyclic) bond motifs is 8. The Morgan fingerprint density at radius 1 is 0.635 bits per heavy atom. The first kappa shape index (κ1) is 76.2. The van der Waals surface area contributed by atoms with E-state index in [1.165, 1.54) is 61.7 Å². The molecule has 2 aromatic carbocycles. The van der Waals surface area contributed by atoms with E-state index in [1.807, 2.05) is 81.4 Å². The molecule has 2 aliphatic heterocycles. The van der Waals surface area contributed by atoms with Gasteiger partial charge in [0.1, 0.15) is 70.3 Å². The summed E-state index contributed by atoms with van der Waals surface area (Å²) in [6.45, 7) is 26.8. The summed E-state index contributed by atoms with van der Waals surface area (Å²) in [5.74, 6) is -4.74. The Bertz CT molecular complexity index is 4460. The molecule has 4 aromatic heterocycles. The largest absolute Gasteiger partial charge is 0.482 e. The van der Waals surface area contributed by atoms with Crippen molar-refractivity contribution in [1.82, 2.24) is 9.97 Å². The summed E-state index contributed by atoms with van der Waals surface area (Å²) in [6.07, 6.45) is 2.06. The Balaban J connectivity index is 0.000000208. The van der Waals surface area contributed by atoms with Crippen molar-refractivity contribution >= 4 is 32.5 Å². The minimum absolute atomic E-state index is 0.0427. The van der Waals surface area contributed by atoms with Gasteiger partial charge in [0, 0.05) is 87.7 Å². The van der Waals surface area contributed by atoms with Gasteiger partial charge in [-0.25, -0.2) is 19.2 Å². The van der Waals surface area contributed by atoms with E-state index < -0.39 is 153 Å². The van der Waals surface area contributed by atoms with Crippen molar-refractivity contribution in [3.63, 3.8) is 0 Å². The van der Waals surface area contributed by atoms with Gasteiger partial charge in [-0.3, -0.25) is 23.7 Å². The standard InChI is InChI=1S/C41H51FN2O8Si.C39H42N2O10/c1-37(2,3)53(42,38(4,5)6)52-30-16-17-39(7)29(40(30,8)23-45)20-31(50-35(47)25-14-12-24(21-43)13-15-25)41(9)34(39)33(46)32-28(51-41)19-27(49-36(32)48)26-11-10-18-44-22-26;1-21(2)34(44)47-20-38(5)28-17-30(50-35(45)24-11-9-23(18-40)10-12-24)39(6)33(37(28,4)14-13-29(38)48-22(3)42)32(43)31-27(51-39)16-26(49-36(31)46)25-8-7-15-41-19-25/h10-15,18-19,22,29-31,33-34,45-46H,16-17,20,23H2,1-9H3;7-12,15-16,19,21,28-30,32-33,43H,13-14,17,20H2,1-6H3/t29?,30-,31-,33-,34?,39-,40-,41+;28?,29-,30-,32-,33?,37-,38-,39+/m00/s1. The van der Waals surface area contributed by atoms with Crippen LogP contribution in [0.15, 0.2) is 128 Å². The van der Waals surface area contributed by atoms with Gasteiger partial charge in [-0.05, 0) is 148 Å². The van der Waals surface area contributed by atoms with Crippen LogP contribution in [0.4, 0.5) is 4.11 Å². The number of nitrogens with zero attached hydrogens (tertiary/aromatic N) is 4. The highest BCUT2D eigenvalue weighted by atomic mass is 28.4. The van der Waals surface area contributed by atoms with Gasteiger partial charge in [0.15, 0.2) is 0 Å². The average molecular weight is 1450 g/mol. The molecule has 22 nitrogen and oxygen atoms in total. The number of nitriles is 2. The number of halogens is 1. The minimum Gasteiger partial charge on any atom is -0.482 e. The van der Waals surface area contributed by atoms with Crippen LogP contribution in [0.1, 0.15) is 198 Å². The van der Waals surface area contributed by atoms with Gasteiger partial charge in [-0.15, -0.1) is 0 Å². The molecule has 0 spiro atoms. The van der Waals surface area contributed by atoms with Gasteiger partial charge in [-0.1, -0.05) is 83.1 Å². The highest BCUT2D eigenvalue weighted by Crippen LogP contribution is 2.70. The fourth-order valence-corrected chi connectivity index (χ4v) is 22.5. The molecule has 4 saturated carbocycles. The van der Waals surface area contributed by atoms with Crippen LogP contribution in [0.2, 0.25) is 10.1 Å². The van der Waals surface area contributed by atoms with E-state index in [1.54, 1.807) is 82.7 Å². The number of aliphatic hydroxyl groups excluding tert-OH is 3. The molecular formula is C80H93FN4O18Si. The molecule has 6 aromatic rings. The number of hydrogen-bond acceptors (Lipinski definition) is 22. The first-order valence-corrected chi connectivity index (χ1v) is 37.2. The second-order valence-electron chi connectivity index (χ2n) is 32.8. The molecule has 104 heavy (non-hydrogen) atoms. The molecule has 24 heteroatoms. The lowest BCUT2D eigenvalue weighted by molar-refractivity contribution is -0.267. The number of carbonyl (C=O) groups excluding carboxylic acids is 4. The van der Waals surface area contributed by atoms with Crippen molar-refractivity contribution in [3.8, 4) is 46.3 Å². The Hall–Kier alpha value is -8.91. The number of pyridine rings is 2. The highest BCUT2D eigenvalue weighted by molar-refractivity contribution is 6.72. The number of esters is 4. The van der Waals surface area contributed by atoms with Gasteiger partial charge in [0.2, 0.25) is 0 Å². The van der Waals surface area contributed by atoms with E-state index >= 15 is 4.11 Å². The molecule has 16 atom stereocenters. The molecule has 0 bridgehead atoms. The summed E-state index contributed by atoms with van der Waals surface area (Å²) in [6, 6.07) is 26.1. The van der Waals surface area contributed by atoms with E-state index in [4.69, 9.17) is 41.7 Å². The molecule has 6 heterocycles. The van der Waals surface area contributed by atoms with Crippen LogP contribution >= 0.6 is 0 Å². The van der Waals surface area contributed by atoms with Crippen molar-refractivity contribution in [1.29, 1.82) is 10.5 Å².